The smallest absolute Gasteiger partial charge is 0.229 e. The van der Waals surface area contributed by atoms with Crippen LogP contribution in [0.2, 0.25) is 0 Å². The van der Waals surface area contributed by atoms with Gasteiger partial charge in [0.2, 0.25) is 15.9 Å². The first kappa shape index (κ1) is 17.5. The summed E-state index contributed by atoms with van der Waals surface area (Å²) in [6.07, 6.45) is 3.23. The number of anilines is 1. The van der Waals surface area contributed by atoms with Crippen LogP contribution < -0.4 is 10.0 Å². The lowest BCUT2D eigenvalue weighted by atomic mass is 10.1. The standard InChI is InChI=1S/C16H20N2O3S2/c1-23(20,21)18-14-8-6-13(7-9-14)4-2-10-17-16(19)12-15-5-3-11-22-15/h3,5-9,11,18H,2,4,10,12H2,1H3,(H,17,19). The highest BCUT2D eigenvalue weighted by Crippen LogP contribution is 2.12. The van der Waals surface area contributed by atoms with Crippen LogP contribution in [0.25, 0.3) is 0 Å². The van der Waals surface area contributed by atoms with E-state index in [1.165, 1.54) is 0 Å². The summed E-state index contributed by atoms with van der Waals surface area (Å²) in [5, 5.41) is 4.87. The molecule has 0 saturated heterocycles. The van der Waals surface area contributed by atoms with E-state index >= 15 is 0 Å². The molecular formula is C16H20N2O3S2. The van der Waals surface area contributed by atoms with E-state index in [9.17, 15) is 13.2 Å². The van der Waals surface area contributed by atoms with Gasteiger partial charge in [-0.3, -0.25) is 9.52 Å². The van der Waals surface area contributed by atoms with Crippen molar-refractivity contribution in [2.24, 2.45) is 0 Å². The average Bonchev–Trinajstić information content (AvgIpc) is 2.96. The van der Waals surface area contributed by atoms with Gasteiger partial charge in [0, 0.05) is 17.1 Å². The molecule has 1 heterocycles. The molecule has 0 bridgehead atoms. The molecular weight excluding hydrogens is 332 g/mol. The van der Waals surface area contributed by atoms with Gasteiger partial charge in [-0.1, -0.05) is 18.2 Å². The highest BCUT2D eigenvalue weighted by molar-refractivity contribution is 7.92. The first-order chi connectivity index (χ1) is 10.9. The SMILES string of the molecule is CS(=O)(=O)Nc1ccc(CCCNC(=O)Cc2cccs2)cc1. The molecule has 0 unspecified atom stereocenters. The van der Waals surface area contributed by atoms with E-state index in [-0.39, 0.29) is 5.91 Å². The first-order valence-corrected chi connectivity index (χ1v) is 10.1. The number of thiophene rings is 1. The van der Waals surface area contributed by atoms with Crippen LogP contribution in [-0.2, 0) is 27.7 Å². The van der Waals surface area contributed by atoms with Gasteiger partial charge in [-0.25, -0.2) is 8.42 Å². The first-order valence-electron chi connectivity index (χ1n) is 7.28. The second-order valence-electron chi connectivity index (χ2n) is 5.28. The van der Waals surface area contributed by atoms with Crippen LogP contribution >= 0.6 is 11.3 Å². The van der Waals surface area contributed by atoms with Crippen LogP contribution in [0.15, 0.2) is 41.8 Å². The number of rotatable bonds is 8. The predicted octanol–water partition coefficient (Wildman–Crippen LogP) is 2.41. The molecule has 2 rings (SSSR count). The molecule has 0 spiro atoms. The number of carbonyl (C=O) groups excluding carboxylic acids is 1. The Balaban J connectivity index is 1.69. The van der Waals surface area contributed by atoms with Gasteiger partial charge in [-0.2, -0.15) is 0 Å². The maximum Gasteiger partial charge on any atom is 0.229 e. The van der Waals surface area contributed by atoms with Crippen molar-refractivity contribution in [2.45, 2.75) is 19.3 Å². The van der Waals surface area contributed by atoms with Gasteiger partial charge < -0.3 is 5.32 Å². The van der Waals surface area contributed by atoms with E-state index in [0.717, 1.165) is 29.5 Å². The van der Waals surface area contributed by atoms with Gasteiger partial charge >= 0.3 is 0 Å². The van der Waals surface area contributed by atoms with Crippen molar-refractivity contribution < 1.29 is 13.2 Å². The Morgan fingerprint density at radius 2 is 1.91 bits per heavy atom. The molecule has 0 radical (unpaired) electrons. The second-order valence-corrected chi connectivity index (χ2v) is 8.06. The Labute approximate surface area is 140 Å². The molecule has 1 aromatic heterocycles. The Morgan fingerprint density at radius 1 is 1.17 bits per heavy atom. The zero-order chi connectivity index (χ0) is 16.7. The fraction of sp³-hybridized carbons (Fsp3) is 0.312. The Hall–Kier alpha value is -1.86. The fourth-order valence-corrected chi connectivity index (χ4v) is 3.38. The molecule has 124 valence electrons. The number of benzene rings is 1. The van der Waals surface area contributed by atoms with Gasteiger partial charge in [0.25, 0.3) is 0 Å². The average molecular weight is 352 g/mol. The molecule has 7 heteroatoms. The Morgan fingerprint density at radius 3 is 2.52 bits per heavy atom. The van der Waals surface area contributed by atoms with Gasteiger partial charge in [0.1, 0.15) is 0 Å². The molecule has 5 nitrogen and oxygen atoms in total. The number of sulfonamides is 1. The highest BCUT2D eigenvalue weighted by atomic mass is 32.2. The van der Waals surface area contributed by atoms with E-state index in [2.05, 4.69) is 10.0 Å². The topological polar surface area (TPSA) is 75.3 Å². The highest BCUT2D eigenvalue weighted by Gasteiger charge is 2.04. The normalized spacial score (nSPS) is 11.2. The summed E-state index contributed by atoms with van der Waals surface area (Å²) in [7, 11) is -3.24. The van der Waals surface area contributed by atoms with Crippen LogP contribution in [0.1, 0.15) is 16.9 Å². The predicted molar refractivity (Wildman–Crippen MR) is 94.3 cm³/mol. The van der Waals surface area contributed by atoms with Gasteiger partial charge in [-0.05, 0) is 42.0 Å². The molecule has 2 aromatic rings. The maximum atomic E-state index is 11.7. The Kier molecular flexibility index (Phi) is 6.18. The minimum absolute atomic E-state index is 0.0418. The molecule has 0 saturated carbocycles. The molecule has 0 fully saturated rings. The Bertz CT molecular complexity index is 723. The van der Waals surface area contributed by atoms with Crippen LogP contribution in [0, 0.1) is 0 Å². The van der Waals surface area contributed by atoms with E-state index in [1.54, 1.807) is 23.5 Å². The molecule has 0 aliphatic rings. The summed E-state index contributed by atoms with van der Waals surface area (Å²) < 4.78 is 24.7. The number of aryl methyl sites for hydroxylation is 1. The second kappa shape index (κ2) is 8.12. The van der Waals surface area contributed by atoms with Crippen molar-refractivity contribution in [3.63, 3.8) is 0 Å². The summed E-state index contributed by atoms with van der Waals surface area (Å²) in [4.78, 5) is 12.8. The quantitative estimate of drug-likeness (QED) is 0.717. The molecule has 23 heavy (non-hydrogen) atoms. The lowest BCUT2D eigenvalue weighted by Crippen LogP contribution is -2.26. The largest absolute Gasteiger partial charge is 0.356 e. The number of amides is 1. The molecule has 1 aromatic carbocycles. The summed E-state index contributed by atoms with van der Waals surface area (Å²) in [6.45, 7) is 0.632. The van der Waals surface area contributed by atoms with E-state index in [1.807, 2.05) is 29.6 Å². The number of hydrogen-bond acceptors (Lipinski definition) is 4. The van der Waals surface area contributed by atoms with Crippen molar-refractivity contribution in [3.8, 4) is 0 Å². The lowest BCUT2D eigenvalue weighted by Gasteiger charge is -2.07. The molecule has 0 atom stereocenters. The lowest BCUT2D eigenvalue weighted by molar-refractivity contribution is -0.120. The minimum Gasteiger partial charge on any atom is -0.356 e. The molecule has 0 aliphatic heterocycles. The minimum atomic E-state index is -3.24. The van der Waals surface area contributed by atoms with Crippen LogP contribution in [0.5, 0.6) is 0 Å². The van der Waals surface area contributed by atoms with Crippen molar-refractivity contribution in [1.82, 2.24) is 5.32 Å². The zero-order valence-corrected chi connectivity index (χ0v) is 14.5. The molecule has 2 N–H and O–H groups in total. The fourth-order valence-electron chi connectivity index (χ4n) is 2.11. The van der Waals surface area contributed by atoms with E-state index in [4.69, 9.17) is 0 Å². The van der Waals surface area contributed by atoms with Crippen molar-refractivity contribution >= 4 is 33.0 Å². The monoisotopic (exact) mass is 352 g/mol. The van der Waals surface area contributed by atoms with Gasteiger partial charge in [0.15, 0.2) is 0 Å². The summed E-state index contributed by atoms with van der Waals surface area (Å²) in [5.74, 6) is 0.0418. The summed E-state index contributed by atoms with van der Waals surface area (Å²) >= 11 is 1.58. The third-order valence-electron chi connectivity index (χ3n) is 3.14. The molecule has 1 amide bonds. The molecule has 0 aliphatic carbocycles. The maximum absolute atomic E-state index is 11.7. The van der Waals surface area contributed by atoms with E-state index < -0.39 is 10.0 Å². The van der Waals surface area contributed by atoms with Crippen LogP contribution in [0.4, 0.5) is 5.69 Å². The van der Waals surface area contributed by atoms with Crippen LogP contribution in [0.3, 0.4) is 0 Å². The van der Waals surface area contributed by atoms with Crippen molar-refractivity contribution in [2.75, 3.05) is 17.5 Å². The zero-order valence-electron chi connectivity index (χ0n) is 12.9. The summed E-state index contributed by atoms with van der Waals surface area (Å²) in [6, 6.07) is 11.2. The van der Waals surface area contributed by atoms with Gasteiger partial charge in [0.05, 0.1) is 12.7 Å². The van der Waals surface area contributed by atoms with Gasteiger partial charge in [-0.15, -0.1) is 11.3 Å². The van der Waals surface area contributed by atoms with E-state index in [0.29, 0.717) is 18.7 Å². The number of carbonyl (C=O) groups is 1. The third kappa shape index (κ3) is 6.83. The number of hydrogen-bond donors (Lipinski definition) is 2. The van der Waals surface area contributed by atoms with Crippen molar-refractivity contribution in [1.29, 1.82) is 0 Å². The number of nitrogens with one attached hydrogen (secondary N) is 2. The van der Waals surface area contributed by atoms with Crippen LogP contribution in [-0.4, -0.2) is 27.1 Å². The third-order valence-corrected chi connectivity index (χ3v) is 4.62. The summed E-state index contributed by atoms with van der Waals surface area (Å²) in [5.41, 5.74) is 1.66. The van der Waals surface area contributed by atoms with Crippen molar-refractivity contribution in [3.05, 3.63) is 52.2 Å².